The van der Waals surface area contributed by atoms with Crippen molar-refractivity contribution >= 4 is 55.8 Å². The first-order chi connectivity index (χ1) is 21.5. The number of piperazine rings is 1. The number of anilines is 3. The highest BCUT2D eigenvalue weighted by Crippen LogP contribution is 2.32. The fourth-order valence-corrected chi connectivity index (χ4v) is 6.39. The molecule has 0 aliphatic carbocycles. The molecule has 0 unspecified atom stereocenters. The van der Waals surface area contributed by atoms with Gasteiger partial charge in [-0.25, -0.2) is 36.8 Å². The zero-order valence-electron chi connectivity index (χ0n) is 24.0. The molecule has 16 heteroatoms. The van der Waals surface area contributed by atoms with Gasteiger partial charge < -0.3 is 15.1 Å². The second-order valence-corrected chi connectivity index (χ2v) is 12.4. The van der Waals surface area contributed by atoms with Gasteiger partial charge in [-0.15, -0.1) is 0 Å². The average molecular weight is 654 g/mol. The van der Waals surface area contributed by atoms with Crippen LogP contribution in [0.1, 0.15) is 16.1 Å². The van der Waals surface area contributed by atoms with E-state index in [9.17, 15) is 17.6 Å². The molecule has 1 fully saturated rings. The zero-order valence-corrected chi connectivity index (χ0v) is 25.6. The first-order valence-corrected chi connectivity index (χ1v) is 15.6. The molecule has 12 nitrogen and oxygen atoms in total. The van der Waals surface area contributed by atoms with E-state index in [-0.39, 0.29) is 38.4 Å². The lowest BCUT2D eigenvalue weighted by atomic mass is 10.2. The lowest BCUT2D eigenvalue weighted by Crippen LogP contribution is -2.47. The van der Waals surface area contributed by atoms with Crippen molar-refractivity contribution < 1.29 is 22.0 Å². The Morgan fingerprint density at radius 2 is 1.78 bits per heavy atom. The predicted octanol–water partition coefficient (Wildman–Crippen LogP) is 4.38. The Hall–Kier alpha value is -4.73. The highest BCUT2D eigenvalue weighted by Gasteiger charge is 2.24. The van der Waals surface area contributed by atoms with Gasteiger partial charge in [0.15, 0.2) is 23.1 Å². The third kappa shape index (κ3) is 6.01. The quantitative estimate of drug-likeness (QED) is 0.262. The second-order valence-electron chi connectivity index (χ2n) is 10.4. The van der Waals surface area contributed by atoms with Gasteiger partial charge in [-0.05, 0) is 62.0 Å². The van der Waals surface area contributed by atoms with E-state index in [1.54, 1.807) is 29.3 Å². The number of aromatic nitrogens is 5. The number of hydrogen-bond donors (Lipinski definition) is 2. The van der Waals surface area contributed by atoms with Gasteiger partial charge >= 0.3 is 0 Å². The van der Waals surface area contributed by atoms with E-state index in [4.69, 9.17) is 11.6 Å². The van der Waals surface area contributed by atoms with Crippen molar-refractivity contribution in [1.29, 1.82) is 0 Å². The minimum atomic E-state index is -4.28. The molecule has 0 spiro atoms. The van der Waals surface area contributed by atoms with Crippen LogP contribution in [0.5, 0.6) is 0 Å². The summed E-state index contributed by atoms with van der Waals surface area (Å²) in [7, 11) is -2.28. The summed E-state index contributed by atoms with van der Waals surface area (Å²) in [6, 6.07) is 11.0. The smallest absolute Gasteiger partial charge is 0.274 e. The van der Waals surface area contributed by atoms with Gasteiger partial charge in [0, 0.05) is 37.4 Å². The number of pyridine rings is 1. The van der Waals surface area contributed by atoms with Crippen molar-refractivity contribution in [3.63, 3.8) is 0 Å². The van der Waals surface area contributed by atoms with E-state index in [2.05, 4.69) is 35.0 Å². The summed E-state index contributed by atoms with van der Waals surface area (Å²) in [6.07, 6.45) is 2.78. The molecule has 5 aromatic rings. The molecule has 0 radical (unpaired) electrons. The third-order valence-corrected chi connectivity index (χ3v) is 9.31. The summed E-state index contributed by atoms with van der Waals surface area (Å²) in [5.74, 6) is -2.15. The first kappa shape index (κ1) is 30.3. The van der Waals surface area contributed by atoms with E-state index in [1.165, 1.54) is 36.1 Å². The standard InChI is InChI=1S/C29H26ClF2N9O3S/c1-17-18(30)4-3-5-23(17)45(43,44)38-20-7-6-19(31)26(25(20)32)36-28-27-21(33-16-34-28)8-9-24(35-27)41-11-10-22(37-41)29(42)40-14-12-39(2)13-15-40/h3-11,16,38H,12-15H2,1-2H3,(H,33,34,36). The molecule has 0 atom stereocenters. The highest BCUT2D eigenvalue weighted by atomic mass is 35.5. The maximum atomic E-state index is 15.7. The minimum Gasteiger partial charge on any atom is -0.335 e. The van der Waals surface area contributed by atoms with Crippen LogP contribution in [0.4, 0.5) is 26.0 Å². The lowest BCUT2D eigenvalue weighted by Gasteiger charge is -2.31. The van der Waals surface area contributed by atoms with E-state index in [0.717, 1.165) is 25.2 Å². The van der Waals surface area contributed by atoms with Crippen LogP contribution in [0.2, 0.25) is 5.02 Å². The fourth-order valence-electron chi connectivity index (χ4n) is 4.83. The number of carbonyl (C=O) groups excluding carboxylic acids is 1. The molecule has 232 valence electrons. The number of amides is 1. The van der Waals surface area contributed by atoms with Crippen LogP contribution in [0.25, 0.3) is 16.9 Å². The normalized spacial score (nSPS) is 14.1. The Bertz CT molecular complexity index is 2050. The molecular weight excluding hydrogens is 628 g/mol. The summed E-state index contributed by atoms with van der Waals surface area (Å²) in [5.41, 5.74) is -0.137. The number of nitrogens with one attached hydrogen (secondary N) is 2. The van der Waals surface area contributed by atoms with Crippen LogP contribution in [-0.2, 0) is 10.0 Å². The average Bonchev–Trinajstić information content (AvgIpc) is 3.52. The topological polar surface area (TPSA) is 138 Å². The molecule has 3 aromatic heterocycles. The minimum absolute atomic E-state index is 0.0498. The molecule has 0 saturated carbocycles. The maximum absolute atomic E-state index is 15.7. The Morgan fingerprint density at radius 1 is 1.00 bits per heavy atom. The number of rotatable bonds is 7. The van der Waals surface area contributed by atoms with Crippen LogP contribution in [0, 0.1) is 18.6 Å². The van der Waals surface area contributed by atoms with Crippen LogP contribution in [-0.4, -0.2) is 82.1 Å². The first-order valence-electron chi connectivity index (χ1n) is 13.7. The molecule has 2 aromatic carbocycles. The summed E-state index contributed by atoms with van der Waals surface area (Å²) < 4.78 is 60.3. The molecule has 2 N–H and O–H groups in total. The largest absolute Gasteiger partial charge is 0.335 e. The maximum Gasteiger partial charge on any atom is 0.274 e. The lowest BCUT2D eigenvalue weighted by molar-refractivity contribution is 0.0657. The van der Waals surface area contributed by atoms with Crippen molar-refractivity contribution in [2.24, 2.45) is 0 Å². The Labute approximate surface area is 261 Å². The molecule has 1 amide bonds. The highest BCUT2D eigenvalue weighted by molar-refractivity contribution is 7.92. The molecule has 4 heterocycles. The van der Waals surface area contributed by atoms with E-state index in [1.807, 2.05) is 7.05 Å². The molecule has 45 heavy (non-hydrogen) atoms. The monoisotopic (exact) mass is 653 g/mol. The molecule has 1 saturated heterocycles. The molecule has 6 rings (SSSR count). The van der Waals surface area contributed by atoms with Crippen molar-refractivity contribution in [3.05, 3.63) is 89.0 Å². The fraction of sp³-hybridized carbons (Fsp3) is 0.207. The van der Waals surface area contributed by atoms with Crippen molar-refractivity contribution in [2.45, 2.75) is 11.8 Å². The number of sulfonamides is 1. The van der Waals surface area contributed by atoms with Crippen molar-refractivity contribution in [2.75, 3.05) is 43.3 Å². The Kier molecular flexibility index (Phi) is 8.07. The second kappa shape index (κ2) is 12.0. The zero-order chi connectivity index (χ0) is 31.9. The van der Waals surface area contributed by atoms with Crippen LogP contribution in [0.3, 0.4) is 0 Å². The van der Waals surface area contributed by atoms with Crippen LogP contribution in [0.15, 0.2) is 66.0 Å². The summed E-state index contributed by atoms with van der Waals surface area (Å²) in [4.78, 5) is 29.6. The Balaban J connectivity index is 1.30. The number of benzene rings is 2. The number of fused-ring (bicyclic) bond motifs is 1. The van der Waals surface area contributed by atoms with Gasteiger partial charge in [-0.2, -0.15) is 5.10 Å². The van der Waals surface area contributed by atoms with E-state index >= 15 is 4.39 Å². The van der Waals surface area contributed by atoms with Gasteiger partial charge in [0.2, 0.25) is 0 Å². The summed E-state index contributed by atoms with van der Waals surface area (Å²) >= 11 is 6.07. The number of hydrogen-bond acceptors (Lipinski definition) is 9. The van der Waals surface area contributed by atoms with Gasteiger partial charge in [0.1, 0.15) is 23.3 Å². The predicted molar refractivity (Wildman–Crippen MR) is 164 cm³/mol. The summed E-state index contributed by atoms with van der Waals surface area (Å²) in [6.45, 7) is 4.25. The molecule has 1 aliphatic heterocycles. The Morgan fingerprint density at radius 3 is 2.56 bits per heavy atom. The summed E-state index contributed by atoms with van der Waals surface area (Å²) in [5, 5.41) is 7.22. The number of nitrogens with zero attached hydrogens (tertiary/aromatic N) is 7. The molecule has 1 aliphatic rings. The number of carbonyl (C=O) groups is 1. The van der Waals surface area contributed by atoms with E-state index in [0.29, 0.717) is 24.4 Å². The van der Waals surface area contributed by atoms with Crippen LogP contribution >= 0.6 is 11.6 Å². The van der Waals surface area contributed by atoms with Crippen LogP contribution < -0.4 is 10.0 Å². The third-order valence-electron chi connectivity index (χ3n) is 7.39. The van der Waals surface area contributed by atoms with Gasteiger partial charge in [0.25, 0.3) is 15.9 Å². The molecule has 0 bridgehead atoms. The van der Waals surface area contributed by atoms with Crippen molar-refractivity contribution in [1.82, 2.24) is 34.5 Å². The molecular formula is C29H26ClF2N9O3S. The van der Waals surface area contributed by atoms with Gasteiger partial charge in [-0.1, -0.05) is 17.7 Å². The number of halogens is 3. The van der Waals surface area contributed by atoms with Gasteiger partial charge in [0.05, 0.1) is 16.1 Å². The number of likely N-dealkylation sites (N-methyl/N-ethyl adjacent to an activating group) is 1. The van der Waals surface area contributed by atoms with Crippen molar-refractivity contribution in [3.8, 4) is 5.82 Å². The SMILES string of the molecule is Cc1c(Cl)cccc1S(=O)(=O)Nc1ccc(F)c(Nc2ncnc3ccc(-n4ccc(C(=O)N5CCN(C)CC5)n4)nc23)c1F. The van der Waals surface area contributed by atoms with Gasteiger partial charge in [-0.3, -0.25) is 9.52 Å². The van der Waals surface area contributed by atoms with E-state index < -0.39 is 33.0 Å².